The first-order valence-electron chi connectivity index (χ1n) is 5.23. The van der Waals surface area contributed by atoms with E-state index in [1.165, 1.54) is 0 Å². The van der Waals surface area contributed by atoms with Crippen LogP contribution in [-0.4, -0.2) is 46.2 Å². The third-order valence-electron chi connectivity index (χ3n) is 2.79. The number of hydrogen-bond donors (Lipinski definition) is 2. The van der Waals surface area contributed by atoms with Gasteiger partial charge < -0.3 is 10.2 Å². The van der Waals surface area contributed by atoms with Gasteiger partial charge in [0.1, 0.15) is 5.69 Å². The van der Waals surface area contributed by atoms with Crippen LogP contribution in [0.3, 0.4) is 0 Å². The molecule has 0 aliphatic carbocycles. The molecule has 2 N–H and O–H groups in total. The van der Waals surface area contributed by atoms with Gasteiger partial charge in [-0.1, -0.05) is 0 Å². The zero-order valence-corrected chi connectivity index (χ0v) is 9.03. The predicted octanol–water partition coefficient (Wildman–Crippen LogP) is 0.232. The third-order valence-corrected chi connectivity index (χ3v) is 2.79. The Kier molecular flexibility index (Phi) is 2.73. The zero-order valence-electron chi connectivity index (χ0n) is 9.03. The van der Waals surface area contributed by atoms with Crippen molar-refractivity contribution >= 4 is 5.91 Å². The molecule has 15 heavy (non-hydrogen) atoms. The van der Waals surface area contributed by atoms with Gasteiger partial charge in [0, 0.05) is 31.4 Å². The molecule has 0 aromatic carbocycles. The number of piperazine rings is 1. The summed E-state index contributed by atoms with van der Waals surface area (Å²) >= 11 is 0. The maximum absolute atomic E-state index is 12.1. The number of H-pyrrole nitrogens is 1. The summed E-state index contributed by atoms with van der Waals surface area (Å²) < 4.78 is 0. The van der Waals surface area contributed by atoms with Crippen LogP contribution in [0.5, 0.6) is 0 Å². The fraction of sp³-hybridized carbons (Fsp3) is 0.600. The zero-order chi connectivity index (χ0) is 10.8. The standard InChI is InChI=1S/C10H16N4O/c1-7-5-11-6-8(2)14(7)10(15)9-3-4-12-13-9/h3-4,7-8,11H,5-6H2,1-2H3,(H,12,13). The SMILES string of the molecule is CC1CNCC(C)N1C(=O)c1ccn[nH]1. The Bertz CT molecular complexity index is 325. The second-order valence-electron chi connectivity index (χ2n) is 4.04. The highest BCUT2D eigenvalue weighted by molar-refractivity contribution is 5.92. The molecule has 82 valence electrons. The third kappa shape index (κ3) is 1.87. The Morgan fingerprint density at radius 1 is 1.47 bits per heavy atom. The smallest absolute Gasteiger partial charge is 0.272 e. The number of nitrogens with one attached hydrogen (secondary N) is 2. The molecular weight excluding hydrogens is 192 g/mol. The number of hydrogen-bond acceptors (Lipinski definition) is 3. The van der Waals surface area contributed by atoms with Crippen LogP contribution in [0.4, 0.5) is 0 Å². The average molecular weight is 208 g/mol. The van der Waals surface area contributed by atoms with E-state index in [1.807, 2.05) is 4.90 Å². The molecule has 0 radical (unpaired) electrons. The van der Waals surface area contributed by atoms with Crippen molar-refractivity contribution in [2.75, 3.05) is 13.1 Å². The lowest BCUT2D eigenvalue weighted by Gasteiger charge is -2.39. The molecule has 1 aromatic heterocycles. The lowest BCUT2D eigenvalue weighted by atomic mass is 10.1. The van der Waals surface area contributed by atoms with Crippen molar-refractivity contribution < 1.29 is 4.79 Å². The molecule has 2 rings (SSSR count). The molecule has 5 heteroatoms. The summed E-state index contributed by atoms with van der Waals surface area (Å²) in [5.74, 6) is 0.0361. The van der Waals surface area contributed by atoms with Crippen molar-refractivity contribution in [3.8, 4) is 0 Å². The van der Waals surface area contributed by atoms with Crippen molar-refractivity contribution in [2.45, 2.75) is 25.9 Å². The molecular formula is C10H16N4O. The van der Waals surface area contributed by atoms with Gasteiger partial charge >= 0.3 is 0 Å². The van der Waals surface area contributed by atoms with Crippen LogP contribution < -0.4 is 5.32 Å². The number of carbonyl (C=O) groups is 1. The Hall–Kier alpha value is -1.36. The molecule has 2 heterocycles. The molecule has 1 saturated heterocycles. The van der Waals surface area contributed by atoms with Gasteiger partial charge in [0.2, 0.25) is 0 Å². The summed E-state index contributed by atoms with van der Waals surface area (Å²) in [6, 6.07) is 2.16. The van der Waals surface area contributed by atoms with Crippen LogP contribution in [-0.2, 0) is 0 Å². The molecule has 5 nitrogen and oxygen atoms in total. The van der Waals surface area contributed by atoms with E-state index in [-0.39, 0.29) is 18.0 Å². The normalized spacial score (nSPS) is 26.7. The van der Waals surface area contributed by atoms with Crippen molar-refractivity contribution in [1.29, 1.82) is 0 Å². The second-order valence-corrected chi connectivity index (χ2v) is 4.04. The highest BCUT2D eigenvalue weighted by atomic mass is 16.2. The van der Waals surface area contributed by atoms with Gasteiger partial charge in [-0.3, -0.25) is 9.89 Å². The van der Waals surface area contributed by atoms with Crippen LogP contribution in [0.25, 0.3) is 0 Å². The van der Waals surface area contributed by atoms with Crippen LogP contribution >= 0.6 is 0 Å². The van der Waals surface area contributed by atoms with Gasteiger partial charge in [-0.25, -0.2) is 0 Å². The van der Waals surface area contributed by atoms with Gasteiger partial charge in [-0.05, 0) is 19.9 Å². The number of aromatic amines is 1. The topological polar surface area (TPSA) is 61.0 Å². The van der Waals surface area contributed by atoms with E-state index in [0.29, 0.717) is 5.69 Å². The fourth-order valence-electron chi connectivity index (χ4n) is 2.05. The Balaban J connectivity index is 2.17. The van der Waals surface area contributed by atoms with Crippen molar-refractivity contribution in [2.24, 2.45) is 0 Å². The Labute approximate surface area is 88.8 Å². The van der Waals surface area contributed by atoms with Crippen LogP contribution in [0.15, 0.2) is 12.3 Å². The summed E-state index contributed by atoms with van der Waals surface area (Å²) in [5.41, 5.74) is 0.565. The first kappa shape index (κ1) is 10.2. The minimum absolute atomic E-state index is 0.0361. The van der Waals surface area contributed by atoms with E-state index in [0.717, 1.165) is 13.1 Å². The summed E-state index contributed by atoms with van der Waals surface area (Å²) in [7, 11) is 0. The molecule has 0 saturated carbocycles. The highest BCUT2D eigenvalue weighted by Gasteiger charge is 2.29. The van der Waals surface area contributed by atoms with Gasteiger partial charge in [0.25, 0.3) is 5.91 Å². The van der Waals surface area contributed by atoms with E-state index >= 15 is 0 Å². The molecule has 1 amide bonds. The number of aromatic nitrogens is 2. The van der Waals surface area contributed by atoms with E-state index in [1.54, 1.807) is 12.3 Å². The van der Waals surface area contributed by atoms with Crippen LogP contribution in [0.2, 0.25) is 0 Å². The quantitative estimate of drug-likeness (QED) is 0.694. The maximum atomic E-state index is 12.1. The first-order valence-corrected chi connectivity index (χ1v) is 5.23. The molecule has 1 aromatic rings. The van der Waals surface area contributed by atoms with Crippen molar-refractivity contribution in [3.05, 3.63) is 18.0 Å². The molecule has 1 fully saturated rings. The van der Waals surface area contributed by atoms with Gasteiger partial charge in [-0.15, -0.1) is 0 Å². The molecule has 1 aliphatic heterocycles. The Morgan fingerprint density at radius 3 is 2.67 bits per heavy atom. The first-order chi connectivity index (χ1) is 7.20. The molecule has 2 atom stereocenters. The molecule has 0 spiro atoms. The number of amides is 1. The van der Waals surface area contributed by atoms with E-state index in [2.05, 4.69) is 29.4 Å². The van der Waals surface area contributed by atoms with E-state index in [4.69, 9.17) is 0 Å². The molecule has 1 aliphatic rings. The van der Waals surface area contributed by atoms with Crippen molar-refractivity contribution in [1.82, 2.24) is 20.4 Å². The average Bonchev–Trinajstić information content (AvgIpc) is 2.69. The van der Waals surface area contributed by atoms with Crippen molar-refractivity contribution in [3.63, 3.8) is 0 Å². The second kappa shape index (κ2) is 4.02. The minimum atomic E-state index is 0.0361. The molecule has 0 bridgehead atoms. The maximum Gasteiger partial charge on any atom is 0.272 e. The summed E-state index contributed by atoms with van der Waals surface area (Å²) in [5, 5.41) is 9.81. The summed E-state index contributed by atoms with van der Waals surface area (Å²) in [4.78, 5) is 14.0. The summed E-state index contributed by atoms with van der Waals surface area (Å²) in [6.07, 6.45) is 1.60. The number of rotatable bonds is 1. The van der Waals surface area contributed by atoms with Gasteiger partial charge in [-0.2, -0.15) is 5.10 Å². The predicted molar refractivity (Wildman–Crippen MR) is 56.6 cm³/mol. The molecule has 2 unspecified atom stereocenters. The van der Waals surface area contributed by atoms with Crippen LogP contribution in [0.1, 0.15) is 24.3 Å². The van der Waals surface area contributed by atoms with Crippen LogP contribution in [0, 0.1) is 0 Å². The minimum Gasteiger partial charge on any atom is -0.329 e. The summed E-state index contributed by atoms with van der Waals surface area (Å²) in [6.45, 7) is 5.81. The largest absolute Gasteiger partial charge is 0.329 e. The van der Waals surface area contributed by atoms with Gasteiger partial charge in [0.05, 0.1) is 0 Å². The highest BCUT2D eigenvalue weighted by Crippen LogP contribution is 2.13. The number of carbonyl (C=O) groups excluding carboxylic acids is 1. The van der Waals surface area contributed by atoms with E-state index in [9.17, 15) is 4.79 Å². The fourth-order valence-corrected chi connectivity index (χ4v) is 2.05. The Morgan fingerprint density at radius 2 is 2.13 bits per heavy atom. The van der Waals surface area contributed by atoms with Gasteiger partial charge in [0.15, 0.2) is 0 Å². The monoisotopic (exact) mass is 208 g/mol. The number of nitrogens with zero attached hydrogens (tertiary/aromatic N) is 2. The lowest BCUT2D eigenvalue weighted by Crippen LogP contribution is -2.57. The van der Waals surface area contributed by atoms with E-state index < -0.39 is 0 Å². The lowest BCUT2D eigenvalue weighted by molar-refractivity contribution is 0.0538.